The molecule has 0 aliphatic heterocycles. The molecule has 0 atom stereocenters. The first-order valence-electron chi connectivity index (χ1n) is 19.7. The Balaban J connectivity index is -0.000000165. The molecule has 0 spiro atoms. The minimum Gasteiger partial charge on any atom is -0.481 e. The molecule has 0 unspecified atom stereocenters. The summed E-state index contributed by atoms with van der Waals surface area (Å²) in [6.45, 7) is 14.6. The Bertz CT molecular complexity index is 573. The van der Waals surface area contributed by atoms with Crippen LogP contribution in [0.3, 0.4) is 0 Å². The summed E-state index contributed by atoms with van der Waals surface area (Å²) in [5, 5.41) is 50.5. The number of aliphatic hydroxyl groups is 4. The number of hydrogen-bond donors (Lipinski definition) is 6. The van der Waals surface area contributed by atoms with Crippen molar-refractivity contribution in [3.05, 3.63) is 25.3 Å². The highest BCUT2D eigenvalue weighted by molar-refractivity contribution is 5.66. The fraction of sp³-hybridized carbons (Fsp3) is 0.854. The van der Waals surface area contributed by atoms with E-state index in [0.29, 0.717) is 12.8 Å². The van der Waals surface area contributed by atoms with Crippen molar-refractivity contribution >= 4 is 11.9 Å². The average Bonchev–Trinajstić information content (AvgIpc) is 3.10. The van der Waals surface area contributed by atoms with Crippen molar-refractivity contribution in [2.75, 3.05) is 26.4 Å². The number of carboxylic acid groups (broad SMARTS) is 2. The molecule has 0 rings (SSSR count). The summed E-state index contributed by atoms with van der Waals surface area (Å²) in [5.74, 6) is -1.34. The Kier molecular flexibility index (Phi) is 61.3. The van der Waals surface area contributed by atoms with Gasteiger partial charge in [-0.2, -0.15) is 0 Å². The van der Waals surface area contributed by atoms with E-state index in [1.807, 2.05) is 12.2 Å². The van der Waals surface area contributed by atoms with Crippen molar-refractivity contribution in [2.24, 2.45) is 5.41 Å². The Morgan fingerprint density at radius 2 is 0.653 bits per heavy atom. The maximum Gasteiger partial charge on any atom is 0.303 e. The molecule has 296 valence electrons. The predicted molar refractivity (Wildman–Crippen MR) is 209 cm³/mol. The standard InChI is InChI=1S/2C10H20.2C8H16O2.C5H12O4/c2*1-3-5-7-9-10-8-6-4-2;2*1-2-3-4-5-6-7-8(9)10;6-1-5(2-7,3-8)4-9/h2*3H,1,4-10H2,2H3;2*2-7H2,1H3,(H,9,10);6-9H,1-4H2. The molecule has 6 N–H and O–H groups in total. The van der Waals surface area contributed by atoms with E-state index in [2.05, 4.69) is 40.9 Å². The van der Waals surface area contributed by atoms with E-state index in [9.17, 15) is 9.59 Å². The number of hydrogen-bond acceptors (Lipinski definition) is 6. The van der Waals surface area contributed by atoms with Gasteiger partial charge in [0.05, 0.1) is 31.8 Å². The van der Waals surface area contributed by atoms with Crippen LogP contribution in [0.5, 0.6) is 0 Å². The lowest BCUT2D eigenvalue weighted by Gasteiger charge is -2.23. The molecule has 0 fully saturated rings. The Labute approximate surface area is 303 Å². The topological polar surface area (TPSA) is 156 Å². The van der Waals surface area contributed by atoms with Crippen molar-refractivity contribution in [3.63, 3.8) is 0 Å². The third-order valence-corrected chi connectivity index (χ3v) is 7.85. The second-order valence-electron chi connectivity index (χ2n) is 12.9. The third-order valence-electron chi connectivity index (χ3n) is 7.85. The summed E-state index contributed by atoms with van der Waals surface area (Å²) in [5.41, 5.74) is -1.11. The Hall–Kier alpha value is -1.74. The lowest BCUT2D eigenvalue weighted by Crippen LogP contribution is -2.37. The van der Waals surface area contributed by atoms with E-state index >= 15 is 0 Å². The van der Waals surface area contributed by atoms with Crippen molar-refractivity contribution < 1.29 is 40.2 Å². The van der Waals surface area contributed by atoms with Crippen LogP contribution in [0, 0.1) is 5.41 Å². The Morgan fingerprint density at radius 3 is 0.837 bits per heavy atom. The van der Waals surface area contributed by atoms with Gasteiger partial charge in [0, 0.05) is 12.8 Å². The van der Waals surface area contributed by atoms with Gasteiger partial charge in [-0.05, 0) is 38.5 Å². The summed E-state index contributed by atoms with van der Waals surface area (Å²) in [6.07, 6.45) is 34.9. The van der Waals surface area contributed by atoms with Crippen LogP contribution >= 0.6 is 0 Å². The van der Waals surface area contributed by atoms with Gasteiger partial charge < -0.3 is 30.6 Å². The number of aliphatic hydroxyl groups excluding tert-OH is 4. The number of aliphatic carboxylic acids is 2. The summed E-state index contributed by atoms with van der Waals surface area (Å²) < 4.78 is 0. The van der Waals surface area contributed by atoms with Crippen molar-refractivity contribution in [1.29, 1.82) is 0 Å². The van der Waals surface area contributed by atoms with E-state index < -0.39 is 43.8 Å². The molecule has 49 heavy (non-hydrogen) atoms. The molecule has 0 bridgehead atoms. The number of rotatable bonds is 30. The third kappa shape index (κ3) is 61.9. The molecule has 0 aromatic rings. The van der Waals surface area contributed by atoms with Crippen LogP contribution in [0.2, 0.25) is 0 Å². The van der Waals surface area contributed by atoms with E-state index in [4.69, 9.17) is 30.6 Å². The van der Waals surface area contributed by atoms with Gasteiger partial charge in [-0.3, -0.25) is 9.59 Å². The molecular formula is C41H84O8. The minimum absolute atomic E-state index is 0.337. The first-order valence-corrected chi connectivity index (χ1v) is 19.7. The van der Waals surface area contributed by atoms with Crippen molar-refractivity contribution in [1.82, 2.24) is 0 Å². The lowest BCUT2D eigenvalue weighted by atomic mass is 9.93. The average molecular weight is 705 g/mol. The zero-order valence-electron chi connectivity index (χ0n) is 32.8. The van der Waals surface area contributed by atoms with E-state index in [-0.39, 0.29) is 0 Å². The van der Waals surface area contributed by atoms with Gasteiger partial charge in [0.1, 0.15) is 0 Å². The first-order chi connectivity index (χ1) is 23.6. The smallest absolute Gasteiger partial charge is 0.303 e. The SMILES string of the molecule is C=CCCCCCCCC.C=CCCCCCCCC.CCCCCCCC(=O)O.CCCCCCCC(=O)O.OCC(CO)(CO)CO. The van der Waals surface area contributed by atoms with Crippen LogP contribution in [0.4, 0.5) is 0 Å². The zero-order valence-corrected chi connectivity index (χ0v) is 32.8. The van der Waals surface area contributed by atoms with Gasteiger partial charge in [0.2, 0.25) is 0 Å². The number of carbonyl (C=O) groups is 2. The maximum absolute atomic E-state index is 10.0. The first kappa shape index (κ1) is 56.6. The summed E-state index contributed by atoms with van der Waals surface area (Å²) in [7, 11) is 0. The van der Waals surface area contributed by atoms with Gasteiger partial charge in [-0.25, -0.2) is 0 Å². The molecule has 0 aliphatic carbocycles. The van der Waals surface area contributed by atoms with E-state index in [1.165, 1.54) is 128 Å². The molecular weight excluding hydrogens is 620 g/mol. The largest absolute Gasteiger partial charge is 0.481 e. The molecule has 8 heteroatoms. The maximum atomic E-state index is 10.0. The van der Waals surface area contributed by atoms with Crippen LogP contribution in [-0.4, -0.2) is 69.0 Å². The highest BCUT2D eigenvalue weighted by Gasteiger charge is 2.26. The second-order valence-corrected chi connectivity index (χ2v) is 12.9. The summed E-state index contributed by atoms with van der Waals surface area (Å²) >= 11 is 0. The van der Waals surface area contributed by atoms with Crippen LogP contribution in [0.1, 0.15) is 195 Å². The zero-order chi connectivity index (χ0) is 38.3. The molecule has 0 radical (unpaired) electrons. The van der Waals surface area contributed by atoms with Crippen LogP contribution in [0.25, 0.3) is 0 Å². The summed E-state index contributed by atoms with van der Waals surface area (Å²) in [4.78, 5) is 20.1. The van der Waals surface area contributed by atoms with Crippen LogP contribution in [0.15, 0.2) is 25.3 Å². The quantitative estimate of drug-likeness (QED) is 0.0319. The minimum atomic E-state index is -1.11. The fourth-order valence-corrected chi connectivity index (χ4v) is 4.20. The lowest BCUT2D eigenvalue weighted by molar-refractivity contribution is -0.138. The summed E-state index contributed by atoms with van der Waals surface area (Å²) in [6, 6.07) is 0. The monoisotopic (exact) mass is 705 g/mol. The van der Waals surface area contributed by atoms with Crippen molar-refractivity contribution in [2.45, 2.75) is 195 Å². The van der Waals surface area contributed by atoms with Gasteiger partial charge in [0.15, 0.2) is 0 Å². The predicted octanol–water partition coefficient (Wildman–Crippen LogP) is 10.7. The number of allylic oxidation sites excluding steroid dienone is 2. The Morgan fingerprint density at radius 1 is 0.429 bits per heavy atom. The molecule has 0 heterocycles. The fourth-order valence-electron chi connectivity index (χ4n) is 4.20. The highest BCUT2D eigenvalue weighted by Crippen LogP contribution is 2.12. The van der Waals surface area contributed by atoms with E-state index in [1.54, 1.807) is 0 Å². The number of carboxylic acids is 2. The molecule has 0 saturated heterocycles. The van der Waals surface area contributed by atoms with Crippen molar-refractivity contribution in [3.8, 4) is 0 Å². The van der Waals surface area contributed by atoms with E-state index in [0.717, 1.165) is 25.7 Å². The van der Waals surface area contributed by atoms with Crippen LogP contribution < -0.4 is 0 Å². The second kappa shape index (κ2) is 53.1. The van der Waals surface area contributed by atoms with Crippen LogP contribution in [-0.2, 0) is 9.59 Å². The molecule has 0 aromatic heterocycles. The molecule has 0 amide bonds. The van der Waals surface area contributed by atoms with Gasteiger partial charge >= 0.3 is 11.9 Å². The molecule has 0 aliphatic rings. The van der Waals surface area contributed by atoms with Gasteiger partial charge in [0.25, 0.3) is 0 Å². The number of unbranched alkanes of at least 4 members (excludes halogenated alkanes) is 20. The normalized spacial score (nSPS) is 10.1. The van der Waals surface area contributed by atoms with Gasteiger partial charge in [-0.1, -0.05) is 155 Å². The van der Waals surface area contributed by atoms with Gasteiger partial charge in [-0.15, -0.1) is 13.2 Å². The highest BCUT2D eigenvalue weighted by atomic mass is 16.4. The molecule has 0 saturated carbocycles. The molecule has 0 aromatic carbocycles. The molecule has 8 nitrogen and oxygen atoms in total.